The van der Waals surface area contributed by atoms with Crippen LogP contribution in [0.3, 0.4) is 0 Å². The highest BCUT2D eigenvalue weighted by Crippen LogP contribution is 2.36. The van der Waals surface area contributed by atoms with E-state index in [0.717, 1.165) is 67.6 Å². The van der Waals surface area contributed by atoms with Crippen molar-refractivity contribution in [2.24, 2.45) is 5.92 Å². The Morgan fingerprint density at radius 3 is 1.52 bits per heavy atom. The second kappa shape index (κ2) is 11.4. The number of Topliss-reactive ketones (excluding diaryl/α,β-unsaturated/α-hetero) is 1. The number of rotatable bonds is 6. The highest BCUT2D eigenvalue weighted by molar-refractivity contribution is 7.13. The van der Waals surface area contributed by atoms with Crippen LogP contribution >= 0.6 is 22.7 Å². The van der Waals surface area contributed by atoms with Gasteiger partial charge >= 0.3 is 0 Å². The van der Waals surface area contributed by atoms with Crippen molar-refractivity contribution in [1.82, 2.24) is 19.6 Å². The van der Waals surface area contributed by atoms with Crippen LogP contribution in [0.2, 0.25) is 0 Å². The van der Waals surface area contributed by atoms with Gasteiger partial charge in [-0.2, -0.15) is 10.2 Å². The number of carbonyl (C=O) groups excluding carboxylic acids is 1. The van der Waals surface area contributed by atoms with E-state index in [0.29, 0.717) is 5.92 Å². The summed E-state index contributed by atoms with van der Waals surface area (Å²) in [5, 5.41) is 14.0. The molecule has 206 valence electrons. The topological polar surface area (TPSA) is 52.7 Å². The number of allylic oxidation sites excluding steroid dienone is 2. The Bertz CT molecular complexity index is 1760. The molecular formula is C35H28N4OS2. The monoisotopic (exact) mass is 584 g/mol. The average molecular weight is 585 g/mol. The summed E-state index contributed by atoms with van der Waals surface area (Å²) in [4.78, 5) is 16.2. The third-order valence-corrected chi connectivity index (χ3v) is 9.17. The Kier molecular flexibility index (Phi) is 7.11. The molecule has 0 radical (unpaired) electrons. The quantitative estimate of drug-likeness (QED) is 0.184. The number of hydrogen-bond donors (Lipinski definition) is 0. The maximum atomic E-state index is 14.0. The first-order chi connectivity index (χ1) is 20.6. The molecule has 4 heterocycles. The van der Waals surface area contributed by atoms with Gasteiger partial charge in [0.05, 0.1) is 21.1 Å². The van der Waals surface area contributed by atoms with E-state index < -0.39 is 0 Å². The Morgan fingerprint density at radius 2 is 1.12 bits per heavy atom. The van der Waals surface area contributed by atoms with Crippen molar-refractivity contribution in [3.05, 3.63) is 130 Å². The fourth-order valence-corrected chi connectivity index (χ4v) is 6.92. The molecule has 0 saturated heterocycles. The predicted octanol–water partition coefficient (Wildman–Crippen LogP) is 8.98. The number of carbonyl (C=O) groups is 1. The molecule has 0 bridgehead atoms. The highest BCUT2D eigenvalue weighted by atomic mass is 32.1. The summed E-state index contributed by atoms with van der Waals surface area (Å²) in [7, 11) is 0. The highest BCUT2D eigenvalue weighted by Gasteiger charge is 2.27. The lowest BCUT2D eigenvalue weighted by molar-refractivity contribution is -0.113. The van der Waals surface area contributed by atoms with E-state index in [2.05, 4.69) is 42.0 Å². The SMILES string of the molecule is CC1C/C(=C/c2cn(-c3ccccc3)nc2-c2cccs2)C(=O)/C(=C/c2cn(-c3ccccc3)nc2-c2cccs2)C1. The van der Waals surface area contributed by atoms with Crippen molar-refractivity contribution in [3.63, 3.8) is 0 Å². The van der Waals surface area contributed by atoms with E-state index in [1.807, 2.05) is 94.6 Å². The van der Waals surface area contributed by atoms with Crippen LogP contribution in [0.25, 0.3) is 44.7 Å². The minimum Gasteiger partial charge on any atom is -0.289 e. The molecule has 6 aromatic rings. The zero-order chi connectivity index (χ0) is 28.5. The summed E-state index contributed by atoms with van der Waals surface area (Å²) in [5.41, 5.74) is 7.30. The molecule has 7 heteroatoms. The van der Waals surface area contributed by atoms with Crippen molar-refractivity contribution in [2.75, 3.05) is 0 Å². The van der Waals surface area contributed by atoms with Crippen molar-refractivity contribution in [2.45, 2.75) is 19.8 Å². The first-order valence-electron chi connectivity index (χ1n) is 14.0. The third-order valence-electron chi connectivity index (χ3n) is 7.42. The molecule has 0 N–H and O–H groups in total. The van der Waals surface area contributed by atoms with Crippen LogP contribution in [0.4, 0.5) is 0 Å². The van der Waals surface area contributed by atoms with Crippen LogP contribution < -0.4 is 0 Å². The Labute approximate surface area is 252 Å². The van der Waals surface area contributed by atoms with Gasteiger partial charge in [-0.15, -0.1) is 22.7 Å². The summed E-state index contributed by atoms with van der Waals surface area (Å²) < 4.78 is 3.81. The van der Waals surface area contributed by atoms with Gasteiger partial charge in [0, 0.05) is 34.7 Å². The zero-order valence-corrected chi connectivity index (χ0v) is 24.7. The number of hydrogen-bond acceptors (Lipinski definition) is 5. The first kappa shape index (κ1) is 26.3. The van der Waals surface area contributed by atoms with E-state index in [4.69, 9.17) is 10.2 Å². The second-order valence-corrected chi connectivity index (χ2v) is 12.5. The molecule has 0 aliphatic heterocycles. The molecule has 1 aliphatic carbocycles. The number of thiophene rings is 2. The molecule has 42 heavy (non-hydrogen) atoms. The number of nitrogens with zero attached hydrogens (tertiary/aromatic N) is 4. The molecule has 0 spiro atoms. The van der Waals surface area contributed by atoms with Gasteiger partial charge in [0.1, 0.15) is 11.4 Å². The molecule has 1 saturated carbocycles. The Morgan fingerprint density at radius 1 is 0.667 bits per heavy atom. The molecule has 1 aliphatic rings. The van der Waals surface area contributed by atoms with E-state index in [1.165, 1.54) is 0 Å². The van der Waals surface area contributed by atoms with Crippen molar-refractivity contribution in [3.8, 4) is 32.5 Å². The summed E-state index contributed by atoms with van der Waals surface area (Å²) >= 11 is 3.31. The van der Waals surface area contributed by atoms with Gasteiger partial charge in [-0.05, 0) is 78.1 Å². The van der Waals surface area contributed by atoms with Crippen molar-refractivity contribution >= 4 is 40.6 Å². The van der Waals surface area contributed by atoms with Crippen molar-refractivity contribution < 1.29 is 4.79 Å². The lowest BCUT2D eigenvalue weighted by Gasteiger charge is -2.22. The first-order valence-corrected chi connectivity index (χ1v) is 15.7. The van der Waals surface area contributed by atoms with Crippen LogP contribution in [0, 0.1) is 5.92 Å². The van der Waals surface area contributed by atoms with Crippen LogP contribution in [-0.2, 0) is 4.79 Å². The van der Waals surface area contributed by atoms with Gasteiger partial charge in [0.15, 0.2) is 5.78 Å². The number of aromatic nitrogens is 4. The fraction of sp³-hybridized carbons (Fsp3) is 0.114. The molecular weight excluding hydrogens is 557 g/mol. The van der Waals surface area contributed by atoms with Gasteiger partial charge in [0.2, 0.25) is 0 Å². The Balaban J connectivity index is 1.29. The van der Waals surface area contributed by atoms with Gasteiger partial charge in [-0.1, -0.05) is 55.5 Å². The molecule has 5 nitrogen and oxygen atoms in total. The smallest absolute Gasteiger partial charge is 0.185 e. The summed E-state index contributed by atoms with van der Waals surface area (Å²) in [6.45, 7) is 2.22. The molecule has 0 amide bonds. The molecule has 1 atom stereocenters. The van der Waals surface area contributed by atoms with Crippen molar-refractivity contribution in [1.29, 1.82) is 0 Å². The fourth-order valence-electron chi connectivity index (χ4n) is 5.46. The number of para-hydroxylation sites is 2. The number of ketones is 1. The summed E-state index contributed by atoms with van der Waals surface area (Å²) in [6, 6.07) is 28.4. The van der Waals surface area contributed by atoms with Crippen LogP contribution in [-0.4, -0.2) is 25.3 Å². The van der Waals surface area contributed by atoms with E-state index in [1.54, 1.807) is 22.7 Å². The van der Waals surface area contributed by atoms with Crippen LogP contribution in [0.1, 0.15) is 30.9 Å². The molecule has 7 rings (SSSR count). The van der Waals surface area contributed by atoms with Gasteiger partial charge in [0.25, 0.3) is 0 Å². The lowest BCUT2D eigenvalue weighted by atomic mass is 9.81. The minimum atomic E-state index is 0.0993. The average Bonchev–Trinajstić information content (AvgIpc) is 3.83. The van der Waals surface area contributed by atoms with E-state index in [9.17, 15) is 4.79 Å². The molecule has 1 fully saturated rings. The zero-order valence-electron chi connectivity index (χ0n) is 23.1. The maximum Gasteiger partial charge on any atom is 0.185 e. The lowest BCUT2D eigenvalue weighted by Crippen LogP contribution is -2.18. The minimum absolute atomic E-state index is 0.0993. The summed E-state index contributed by atoms with van der Waals surface area (Å²) in [5.74, 6) is 0.436. The van der Waals surface area contributed by atoms with E-state index >= 15 is 0 Å². The summed E-state index contributed by atoms with van der Waals surface area (Å²) in [6.07, 6.45) is 9.65. The standard InChI is InChI=1S/C35H28N4OS2/c1-24-18-25(20-27-22-38(29-10-4-2-5-11-29)36-33(27)31-14-8-16-41-31)35(40)26(19-24)21-28-23-39(30-12-6-3-7-13-30)37-34(28)32-15-9-17-42-32/h2-17,20-24H,18-19H2,1H3/b25-20-,26-21+. The molecule has 1 unspecified atom stereocenters. The Hall–Kier alpha value is -4.59. The van der Waals surface area contributed by atoms with E-state index in [-0.39, 0.29) is 5.78 Å². The van der Waals surface area contributed by atoms with Gasteiger partial charge in [-0.3, -0.25) is 4.79 Å². The van der Waals surface area contributed by atoms with Crippen LogP contribution in [0.5, 0.6) is 0 Å². The van der Waals surface area contributed by atoms with Gasteiger partial charge < -0.3 is 0 Å². The molecule has 2 aromatic carbocycles. The van der Waals surface area contributed by atoms with Gasteiger partial charge in [-0.25, -0.2) is 9.36 Å². The third kappa shape index (κ3) is 5.24. The normalized spacial score (nSPS) is 17.4. The maximum absolute atomic E-state index is 14.0. The second-order valence-electron chi connectivity index (χ2n) is 10.6. The predicted molar refractivity (Wildman–Crippen MR) is 173 cm³/mol. The molecule has 4 aromatic heterocycles. The largest absolute Gasteiger partial charge is 0.289 e. The number of benzene rings is 2. The van der Waals surface area contributed by atoms with Crippen LogP contribution in [0.15, 0.2) is 119 Å².